The molecule has 0 saturated carbocycles. The van der Waals surface area contributed by atoms with Crippen LogP contribution in [0.5, 0.6) is 0 Å². The van der Waals surface area contributed by atoms with Crippen LogP contribution in [0.3, 0.4) is 0 Å². The minimum Gasteiger partial charge on any atom is -0.367 e. The smallest absolute Gasteiger partial charge is 0.313 e. The highest BCUT2D eigenvalue weighted by Crippen LogP contribution is 2.25. The van der Waals surface area contributed by atoms with Crippen LogP contribution in [0.1, 0.15) is 18.6 Å². The Hall–Kier alpha value is -3.26. The first-order valence-electron chi connectivity index (χ1n) is 8.49. The summed E-state index contributed by atoms with van der Waals surface area (Å²) in [5.41, 5.74) is 0.966. The number of carbonyl (C=O) groups is 2. The topological polar surface area (TPSA) is 102 Å². The molecular weight excluding hydrogens is 350 g/mol. The Morgan fingerprint density at radius 3 is 2.59 bits per heavy atom. The van der Waals surface area contributed by atoms with Gasteiger partial charge in [0.15, 0.2) is 0 Å². The molecule has 1 N–H and O–H groups in total. The number of nitrogens with one attached hydrogen (secondary N) is 1. The largest absolute Gasteiger partial charge is 0.367 e. The lowest BCUT2D eigenvalue weighted by Crippen LogP contribution is -2.49. The van der Waals surface area contributed by atoms with E-state index in [-0.39, 0.29) is 30.1 Å². The summed E-state index contributed by atoms with van der Waals surface area (Å²) >= 11 is 0. The summed E-state index contributed by atoms with van der Waals surface area (Å²) < 4.78 is 5.89. The van der Waals surface area contributed by atoms with Crippen LogP contribution >= 0.6 is 0 Å². The molecule has 1 aliphatic heterocycles. The van der Waals surface area contributed by atoms with Crippen molar-refractivity contribution in [1.82, 2.24) is 4.90 Å². The molecule has 0 unspecified atom stereocenters. The maximum Gasteiger partial charge on any atom is 0.313 e. The molecule has 140 valence electrons. The molecule has 0 radical (unpaired) electrons. The van der Waals surface area contributed by atoms with Crippen molar-refractivity contribution >= 4 is 23.2 Å². The van der Waals surface area contributed by atoms with Crippen molar-refractivity contribution in [2.75, 3.05) is 18.4 Å². The number of carbonyl (C=O) groups excluding carboxylic acids is 2. The molecule has 1 aliphatic rings. The van der Waals surface area contributed by atoms with Crippen molar-refractivity contribution < 1.29 is 19.2 Å². The summed E-state index contributed by atoms with van der Waals surface area (Å²) in [6, 6.07) is 14.9. The molecule has 0 spiro atoms. The molecule has 2 aromatic carbocycles. The van der Waals surface area contributed by atoms with Crippen molar-refractivity contribution in [3.05, 3.63) is 70.3 Å². The molecule has 8 nitrogen and oxygen atoms in total. The van der Waals surface area contributed by atoms with E-state index in [0.717, 1.165) is 5.56 Å². The molecule has 2 amide bonds. The van der Waals surface area contributed by atoms with E-state index < -0.39 is 16.7 Å². The van der Waals surface area contributed by atoms with Gasteiger partial charge in [-0.15, -0.1) is 0 Å². The summed E-state index contributed by atoms with van der Waals surface area (Å²) in [5, 5.41) is 13.3. The van der Waals surface area contributed by atoms with Crippen LogP contribution in [-0.2, 0) is 14.3 Å². The Balaban J connectivity index is 1.69. The number of hydrogen-bond acceptors (Lipinski definition) is 5. The quantitative estimate of drug-likeness (QED) is 0.509. The second kappa shape index (κ2) is 7.96. The monoisotopic (exact) mass is 369 g/mol. The minimum absolute atomic E-state index is 0.163. The molecule has 0 bridgehead atoms. The zero-order chi connectivity index (χ0) is 19.4. The first kappa shape index (κ1) is 18.5. The number of morpholine rings is 1. The van der Waals surface area contributed by atoms with Gasteiger partial charge in [-0.05, 0) is 18.6 Å². The summed E-state index contributed by atoms with van der Waals surface area (Å²) in [5.74, 6) is -1.53. The van der Waals surface area contributed by atoms with Crippen LogP contribution in [0.2, 0.25) is 0 Å². The van der Waals surface area contributed by atoms with Gasteiger partial charge in [0.2, 0.25) is 0 Å². The summed E-state index contributed by atoms with van der Waals surface area (Å²) in [6.45, 7) is 2.40. The van der Waals surface area contributed by atoms with E-state index in [1.165, 1.54) is 29.2 Å². The highest BCUT2D eigenvalue weighted by atomic mass is 16.6. The van der Waals surface area contributed by atoms with Crippen molar-refractivity contribution in [3.8, 4) is 0 Å². The summed E-state index contributed by atoms with van der Waals surface area (Å²) in [6.07, 6.45) is -0.539. The molecule has 1 heterocycles. The first-order valence-corrected chi connectivity index (χ1v) is 8.49. The van der Waals surface area contributed by atoms with Crippen LogP contribution < -0.4 is 5.32 Å². The molecule has 3 rings (SSSR count). The van der Waals surface area contributed by atoms with Crippen molar-refractivity contribution in [3.63, 3.8) is 0 Å². The SMILES string of the molecule is C[C@H]1CN(C(=O)C(=O)Nc2cccc([N+](=O)[O-])c2)C[C@@H](c2ccccc2)O1. The van der Waals surface area contributed by atoms with E-state index in [2.05, 4.69) is 5.32 Å². The lowest BCUT2D eigenvalue weighted by molar-refractivity contribution is -0.384. The number of nitro benzene ring substituents is 1. The first-order chi connectivity index (χ1) is 12.9. The van der Waals surface area contributed by atoms with Crippen molar-refractivity contribution in [2.24, 2.45) is 0 Å². The molecule has 2 aromatic rings. The van der Waals surface area contributed by atoms with Gasteiger partial charge < -0.3 is 15.0 Å². The molecule has 0 aromatic heterocycles. The van der Waals surface area contributed by atoms with Gasteiger partial charge in [-0.2, -0.15) is 0 Å². The number of nitrogens with zero attached hydrogens (tertiary/aromatic N) is 2. The molecule has 8 heteroatoms. The van der Waals surface area contributed by atoms with E-state index in [1.54, 1.807) is 0 Å². The summed E-state index contributed by atoms with van der Waals surface area (Å²) in [7, 11) is 0. The van der Waals surface area contributed by atoms with Crippen LogP contribution in [0, 0.1) is 10.1 Å². The lowest BCUT2D eigenvalue weighted by Gasteiger charge is -2.36. The van der Waals surface area contributed by atoms with E-state index >= 15 is 0 Å². The van der Waals surface area contributed by atoms with Gasteiger partial charge >= 0.3 is 11.8 Å². The van der Waals surface area contributed by atoms with Gasteiger partial charge in [-0.3, -0.25) is 19.7 Å². The highest BCUT2D eigenvalue weighted by Gasteiger charge is 2.32. The molecule has 1 saturated heterocycles. The molecule has 0 aliphatic carbocycles. The fourth-order valence-corrected chi connectivity index (χ4v) is 2.99. The normalized spacial score (nSPS) is 19.4. The van der Waals surface area contributed by atoms with Crippen LogP contribution in [-0.4, -0.2) is 40.8 Å². The predicted octanol–water partition coefficient (Wildman–Crippen LogP) is 2.52. The number of rotatable bonds is 3. The number of non-ortho nitro benzene ring substituents is 1. The van der Waals surface area contributed by atoms with E-state index in [4.69, 9.17) is 4.74 Å². The van der Waals surface area contributed by atoms with Crippen LogP contribution in [0.15, 0.2) is 54.6 Å². The number of ether oxygens (including phenoxy) is 1. The Bertz CT molecular complexity index is 855. The van der Waals surface area contributed by atoms with Gasteiger partial charge in [0.25, 0.3) is 5.69 Å². The lowest BCUT2D eigenvalue weighted by atomic mass is 10.1. The van der Waals surface area contributed by atoms with Gasteiger partial charge in [0.05, 0.1) is 17.6 Å². The fourth-order valence-electron chi connectivity index (χ4n) is 2.99. The third-order valence-electron chi connectivity index (χ3n) is 4.23. The molecular formula is C19H19N3O5. The molecule has 1 fully saturated rings. The minimum atomic E-state index is -0.837. The Labute approximate surface area is 155 Å². The van der Waals surface area contributed by atoms with Gasteiger partial charge in [0.1, 0.15) is 6.10 Å². The second-order valence-corrected chi connectivity index (χ2v) is 6.32. The van der Waals surface area contributed by atoms with Gasteiger partial charge in [0, 0.05) is 24.4 Å². The zero-order valence-corrected chi connectivity index (χ0v) is 14.7. The number of amides is 2. The van der Waals surface area contributed by atoms with Gasteiger partial charge in [-0.25, -0.2) is 0 Å². The number of anilines is 1. The number of hydrogen-bond donors (Lipinski definition) is 1. The van der Waals surface area contributed by atoms with E-state index in [1.807, 2.05) is 37.3 Å². The van der Waals surface area contributed by atoms with E-state index in [9.17, 15) is 19.7 Å². The van der Waals surface area contributed by atoms with E-state index in [0.29, 0.717) is 6.54 Å². The van der Waals surface area contributed by atoms with Crippen LogP contribution in [0.25, 0.3) is 0 Å². The molecule has 27 heavy (non-hydrogen) atoms. The van der Waals surface area contributed by atoms with Gasteiger partial charge in [-0.1, -0.05) is 36.4 Å². The third-order valence-corrected chi connectivity index (χ3v) is 4.23. The average Bonchev–Trinajstić information content (AvgIpc) is 2.67. The Kier molecular flexibility index (Phi) is 5.46. The van der Waals surface area contributed by atoms with Crippen LogP contribution in [0.4, 0.5) is 11.4 Å². The van der Waals surface area contributed by atoms with Crippen molar-refractivity contribution in [1.29, 1.82) is 0 Å². The third kappa shape index (κ3) is 4.48. The maximum absolute atomic E-state index is 12.6. The average molecular weight is 369 g/mol. The zero-order valence-electron chi connectivity index (χ0n) is 14.7. The predicted molar refractivity (Wildman–Crippen MR) is 98.0 cm³/mol. The summed E-state index contributed by atoms with van der Waals surface area (Å²) in [4.78, 5) is 36.6. The Morgan fingerprint density at radius 2 is 1.89 bits per heavy atom. The number of benzene rings is 2. The highest BCUT2D eigenvalue weighted by molar-refractivity contribution is 6.39. The fraction of sp³-hybridized carbons (Fsp3) is 0.263. The Morgan fingerprint density at radius 1 is 1.15 bits per heavy atom. The molecule has 2 atom stereocenters. The second-order valence-electron chi connectivity index (χ2n) is 6.32. The number of nitro groups is 1. The standard InChI is InChI=1S/C19H19N3O5/c1-13-11-21(12-17(27-13)14-6-3-2-4-7-14)19(24)18(23)20-15-8-5-9-16(10-15)22(25)26/h2-10,13,17H,11-12H2,1H3,(H,20,23)/t13-,17-/m0/s1. The maximum atomic E-state index is 12.6. The van der Waals surface area contributed by atoms with Crippen molar-refractivity contribution in [2.45, 2.75) is 19.1 Å².